The van der Waals surface area contributed by atoms with Crippen molar-refractivity contribution in [2.75, 3.05) is 13.2 Å². The van der Waals surface area contributed by atoms with E-state index in [4.69, 9.17) is 9.47 Å². The van der Waals surface area contributed by atoms with Crippen LogP contribution in [-0.4, -0.2) is 13.2 Å². The third-order valence-electron chi connectivity index (χ3n) is 3.98. The fourth-order valence-corrected chi connectivity index (χ4v) is 2.35. The predicted octanol–water partition coefficient (Wildman–Crippen LogP) is 6.77. The van der Waals surface area contributed by atoms with Crippen molar-refractivity contribution in [3.63, 3.8) is 0 Å². The minimum Gasteiger partial charge on any atom is -0.494 e. The van der Waals surface area contributed by atoms with Crippen LogP contribution in [0.4, 0.5) is 0 Å². The van der Waals surface area contributed by atoms with E-state index in [1.165, 1.54) is 0 Å². The van der Waals surface area contributed by atoms with Gasteiger partial charge in [0.1, 0.15) is 11.5 Å². The predicted molar refractivity (Wildman–Crippen MR) is 112 cm³/mol. The van der Waals surface area contributed by atoms with Crippen LogP contribution in [0.15, 0.2) is 60.7 Å². The van der Waals surface area contributed by atoms with E-state index >= 15 is 0 Å². The first-order valence-electron chi connectivity index (χ1n) is 9.62. The zero-order valence-corrected chi connectivity index (χ0v) is 16.0. The number of benzene rings is 2. The van der Waals surface area contributed by atoms with Crippen molar-refractivity contribution in [2.45, 2.75) is 39.5 Å². The first kappa shape index (κ1) is 19.8. The number of allylic oxidation sites excluding steroid dienone is 2. The van der Waals surface area contributed by atoms with Crippen LogP contribution in [-0.2, 0) is 0 Å². The Hall–Kier alpha value is -2.48. The van der Waals surface area contributed by atoms with E-state index < -0.39 is 0 Å². The van der Waals surface area contributed by atoms with Crippen LogP contribution < -0.4 is 9.47 Å². The third-order valence-corrected chi connectivity index (χ3v) is 3.98. The molecule has 2 aromatic carbocycles. The molecule has 0 aromatic heterocycles. The molecule has 0 aliphatic carbocycles. The highest BCUT2D eigenvalue weighted by Gasteiger charge is 1.94. The molecule has 0 bridgehead atoms. The molecule has 2 rings (SSSR count). The van der Waals surface area contributed by atoms with Gasteiger partial charge >= 0.3 is 0 Å². The van der Waals surface area contributed by atoms with Gasteiger partial charge in [-0.15, -0.1) is 0 Å². The standard InChI is InChI=1S/C24H30O2/c1-3-5-19-25-23-15-11-21(12-16-23)9-7-8-10-22-13-17-24(18-14-22)26-20-6-4-2/h7-18H,3-6,19-20H2,1-2H3. The van der Waals surface area contributed by atoms with Crippen molar-refractivity contribution in [3.05, 3.63) is 71.8 Å². The Morgan fingerprint density at radius 3 is 1.35 bits per heavy atom. The number of hydrogen-bond donors (Lipinski definition) is 0. The average molecular weight is 351 g/mol. The van der Waals surface area contributed by atoms with E-state index in [0.717, 1.165) is 61.5 Å². The zero-order valence-electron chi connectivity index (χ0n) is 16.0. The molecule has 0 N–H and O–H groups in total. The highest BCUT2D eigenvalue weighted by atomic mass is 16.5. The van der Waals surface area contributed by atoms with Crippen LogP contribution in [0.3, 0.4) is 0 Å². The van der Waals surface area contributed by atoms with Crippen molar-refractivity contribution in [3.8, 4) is 11.5 Å². The number of unbranched alkanes of at least 4 members (excludes halogenated alkanes) is 2. The molecule has 0 spiro atoms. The second kappa shape index (κ2) is 12.0. The summed E-state index contributed by atoms with van der Waals surface area (Å²) in [4.78, 5) is 0. The fraction of sp³-hybridized carbons (Fsp3) is 0.333. The molecule has 138 valence electrons. The molecule has 0 fully saturated rings. The molecule has 2 aromatic rings. The van der Waals surface area contributed by atoms with Crippen LogP contribution in [0.25, 0.3) is 12.2 Å². The molecule has 2 heteroatoms. The second-order valence-electron chi connectivity index (χ2n) is 6.26. The van der Waals surface area contributed by atoms with Crippen molar-refractivity contribution in [1.82, 2.24) is 0 Å². The molecule has 26 heavy (non-hydrogen) atoms. The summed E-state index contributed by atoms with van der Waals surface area (Å²) in [5.74, 6) is 1.87. The van der Waals surface area contributed by atoms with E-state index in [1.54, 1.807) is 0 Å². The summed E-state index contributed by atoms with van der Waals surface area (Å²) >= 11 is 0. The molecular formula is C24H30O2. The summed E-state index contributed by atoms with van der Waals surface area (Å²) < 4.78 is 11.4. The maximum atomic E-state index is 5.68. The summed E-state index contributed by atoms with van der Waals surface area (Å²) in [6, 6.07) is 16.4. The number of rotatable bonds is 11. The molecule has 0 radical (unpaired) electrons. The quantitative estimate of drug-likeness (QED) is 0.329. The van der Waals surface area contributed by atoms with Gasteiger partial charge in [0.15, 0.2) is 0 Å². The van der Waals surface area contributed by atoms with Crippen LogP contribution >= 0.6 is 0 Å². The first-order valence-corrected chi connectivity index (χ1v) is 9.62. The number of ether oxygens (including phenoxy) is 2. The Bertz CT molecular complexity index is 605. The highest BCUT2D eigenvalue weighted by molar-refractivity contribution is 5.58. The van der Waals surface area contributed by atoms with Crippen LogP contribution in [0.1, 0.15) is 50.7 Å². The van der Waals surface area contributed by atoms with E-state index in [9.17, 15) is 0 Å². The maximum absolute atomic E-state index is 5.68. The lowest BCUT2D eigenvalue weighted by Crippen LogP contribution is -1.95. The summed E-state index contributed by atoms with van der Waals surface area (Å²) in [5.41, 5.74) is 2.33. The Labute approximate surface area is 158 Å². The van der Waals surface area contributed by atoms with Crippen molar-refractivity contribution in [2.24, 2.45) is 0 Å². The van der Waals surface area contributed by atoms with E-state index in [1.807, 2.05) is 24.3 Å². The van der Waals surface area contributed by atoms with Gasteiger partial charge in [0.05, 0.1) is 13.2 Å². The largest absolute Gasteiger partial charge is 0.494 e. The molecule has 0 unspecified atom stereocenters. The molecule has 0 atom stereocenters. The van der Waals surface area contributed by atoms with Gasteiger partial charge in [0.2, 0.25) is 0 Å². The summed E-state index contributed by atoms with van der Waals surface area (Å²) in [5, 5.41) is 0. The van der Waals surface area contributed by atoms with Gasteiger partial charge in [-0.3, -0.25) is 0 Å². The lowest BCUT2D eigenvalue weighted by molar-refractivity contribution is 0.309. The van der Waals surface area contributed by atoms with Crippen LogP contribution in [0, 0.1) is 0 Å². The molecule has 0 amide bonds. The molecule has 0 saturated carbocycles. The van der Waals surface area contributed by atoms with Crippen molar-refractivity contribution < 1.29 is 9.47 Å². The van der Waals surface area contributed by atoms with Gasteiger partial charge in [-0.1, -0.05) is 75.3 Å². The van der Waals surface area contributed by atoms with Gasteiger partial charge < -0.3 is 9.47 Å². The minimum absolute atomic E-state index is 0.789. The lowest BCUT2D eigenvalue weighted by atomic mass is 10.1. The molecular weight excluding hydrogens is 320 g/mol. The average Bonchev–Trinajstić information content (AvgIpc) is 2.68. The highest BCUT2D eigenvalue weighted by Crippen LogP contribution is 2.15. The third kappa shape index (κ3) is 7.60. The van der Waals surface area contributed by atoms with Crippen LogP contribution in [0.2, 0.25) is 0 Å². The molecule has 2 nitrogen and oxygen atoms in total. The fourth-order valence-electron chi connectivity index (χ4n) is 2.35. The topological polar surface area (TPSA) is 18.5 Å². The normalized spacial score (nSPS) is 11.3. The minimum atomic E-state index is 0.789. The van der Waals surface area contributed by atoms with Gasteiger partial charge in [0.25, 0.3) is 0 Å². The maximum Gasteiger partial charge on any atom is 0.119 e. The summed E-state index contributed by atoms with van der Waals surface area (Å²) in [6.45, 7) is 5.91. The zero-order chi connectivity index (χ0) is 18.5. The first-order chi connectivity index (χ1) is 12.8. The van der Waals surface area contributed by atoms with E-state index in [2.05, 4.69) is 62.4 Å². The van der Waals surface area contributed by atoms with Gasteiger partial charge in [-0.25, -0.2) is 0 Å². The van der Waals surface area contributed by atoms with Crippen molar-refractivity contribution in [1.29, 1.82) is 0 Å². The summed E-state index contributed by atoms with van der Waals surface area (Å²) in [7, 11) is 0. The van der Waals surface area contributed by atoms with Crippen LogP contribution in [0.5, 0.6) is 11.5 Å². The van der Waals surface area contributed by atoms with E-state index in [0.29, 0.717) is 0 Å². The number of hydrogen-bond acceptors (Lipinski definition) is 2. The SMILES string of the molecule is CCCCOc1ccc(C=CC=Cc2ccc(OCCCC)cc2)cc1. The molecule has 0 aliphatic heterocycles. The Morgan fingerprint density at radius 2 is 1.00 bits per heavy atom. The van der Waals surface area contributed by atoms with Gasteiger partial charge in [0, 0.05) is 0 Å². The molecule has 0 aliphatic rings. The van der Waals surface area contributed by atoms with E-state index in [-0.39, 0.29) is 0 Å². The van der Waals surface area contributed by atoms with Gasteiger partial charge in [-0.05, 0) is 48.2 Å². The second-order valence-corrected chi connectivity index (χ2v) is 6.26. The smallest absolute Gasteiger partial charge is 0.119 e. The van der Waals surface area contributed by atoms with Gasteiger partial charge in [-0.2, -0.15) is 0 Å². The summed E-state index contributed by atoms with van der Waals surface area (Å²) in [6.07, 6.45) is 12.8. The Balaban J connectivity index is 1.79. The monoisotopic (exact) mass is 350 g/mol. The Kier molecular flexibility index (Phi) is 9.13. The van der Waals surface area contributed by atoms with Crippen molar-refractivity contribution >= 4 is 12.2 Å². The Morgan fingerprint density at radius 1 is 0.615 bits per heavy atom. The molecule has 0 saturated heterocycles. The lowest BCUT2D eigenvalue weighted by Gasteiger charge is -2.05. The molecule has 0 heterocycles.